The van der Waals surface area contributed by atoms with Gasteiger partial charge in [0.2, 0.25) is 11.7 Å². The molecule has 1 amide bonds. The first-order chi connectivity index (χ1) is 14.5. The maximum absolute atomic E-state index is 13.1. The molecule has 2 heterocycles. The van der Waals surface area contributed by atoms with Gasteiger partial charge in [0.25, 0.3) is 5.56 Å². The molecule has 1 N–H and O–H groups in total. The molecule has 0 saturated heterocycles. The lowest BCUT2D eigenvalue weighted by molar-refractivity contribution is -0.115. The molecule has 2 aromatic heterocycles. The molecule has 4 rings (SSSR count). The second kappa shape index (κ2) is 7.82. The van der Waals surface area contributed by atoms with Crippen LogP contribution in [-0.2, 0) is 18.3 Å². The molecule has 152 valence electrons. The average molecular weight is 403 g/mol. The van der Waals surface area contributed by atoms with Crippen molar-refractivity contribution in [1.29, 1.82) is 0 Å². The number of carbonyl (C=O) groups excluding carboxylic acids is 1. The molecule has 0 fully saturated rings. The van der Waals surface area contributed by atoms with Crippen molar-refractivity contribution in [3.8, 4) is 17.1 Å². The van der Waals surface area contributed by atoms with Crippen LogP contribution in [0.5, 0.6) is 5.75 Å². The van der Waals surface area contributed by atoms with Crippen LogP contribution >= 0.6 is 0 Å². The van der Waals surface area contributed by atoms with Crippen molar-refractivity contribution in [2.75, 3.05) is 12.4 Å². The van der Waals surface area contributed by atoms with Crippen LogP contribution in [0.15, 0.2) is 59.4 Å². The zero-order valence-electron chi connectivity index (χ0n) is 16.9. The van der Waals surface area contributed by atoms with E-state index >= 15 is 0 Å². The number of rotatable bonds is 5. The molecular weight excluding hydrogens is 382 g/mol. The number of ether oxygens (including phenoxy) is 1. The predicted molar refractivity (Wildman–Crippen MR) is 114 cm³/mol. The number of hydrogen-bond donors (Lipinski definition) is 1. The van der Waals surface area contributed by atoms with Gasteiger partial charge in [-0.2, -0.15) is 9.50 Å². The fourth-order valence-electron chi connectivity index (χ4n) is 3.27. The largest absolute Gasteiger partial charge is 0.497 e. The van der Waals surface area contributed by atoms with Gasteiger partial charge in [0.15, 0.2) is 5.82 Å². The zero-order valence-corrected chi connectivity index (χ0v) is 16.9. The van der Waals surface area contributed by atoms with Crippen molar-refractivity contribution in [2.45, 2.75) is 13.3 Å². The Morgan fingerprint density at radius 1 is 1.13 bits per heavy atom. The van der Waals surface area contributed by atoms with Gasteiger partial charge >= 0.3 is 0 Å². The summed E-state index contributed by atoms with van der Waals surface area (Å²) in [6.07, 6.45) is -0.0772. The molecule has 0 saturated carbocycles. The Balaban J connectivity index is 1.68. The Morgan fingerprint density at radius 3 is 2.63 bits per heavy atom. The third-order valence-corrected chi connectivity index (χ3v) is 5.00. The molecule has 0 aliphatic rings. The van der Waals surface area contributed by atoms with Crippen LogP contribution in [-0.4, -0.2) is 32.2 Å². The van der Waals surface area contributed by atoms with Crippen molar-refractivity contribution < 1.29 is 9.53 Å². The maximum atomic E-state index is 13.1. The van der Waals surface area contributed by atoms with Gasteiger partial charge in [-0.3, -0.25) is 9.59 Å². The molecule has 8 nitrogen and oxygen atoms in total. The molecule has 4 aromatic rings. The summed E-state index contributed by atoms with van der Waals surface area (Å²) in [5.74, 6) is 1.22. The standard InChI is InChI=1S/C22H21N5O3/c1-14-18(13-19(28)23-16-10-7-11-17(12-16)30-3)21(29)27-22(26(14)2)24-20(25-27)15-8-5-4-6-9-15/h4-12H,13H2,1-3H3,(H,23,28). The summed E-state index contributed by atoms with van der Waals surface area (Å²) in [4.78, 5) is 30.2. The van der Waals surface area contributed by atoms with Gasteiger partial charge in [-0.05, 0) is 19.1 Å². The lowest BCUT2D eigenvalue weighted by Gasteiger charge is -2.11. The van der Waals surface area contributed by atoms with Gasteiger partial charge in [0.05, 0.1) is 13.5 Å². The number of nitrogens with zero attached hydrogens (tertiary/aromatic N) is 4. The van der Waals surface area contributed by atoms with E-state index in [0.717, 1.165) is 5.56 Å². The van der Waals surface area contributed by atoms with E-state index in [4.69, 9.17) is 4.74 Å². The van der Waals surface area contributed by atoms with Crippen LogP contribution in [0.4, 0.5) is 5.69 Å². The first-order valence-corrected chi connectivity index (χ1v) is 9.42. The molecule has 0 atom stereocenters. The molecule has 30 heavy (non-hydrogen) atoms. The lowest BCUT2D eigenvalue weighted by atomic mass is 10.1. The second-order valence-electron chi connectivity index (χ2n) is 6.90. The summed E-state index contributed by atoms with van der Waals surface area (Å²) in [5, 5.41) is 7.19. The van der Waals surface area contributed by atoms with Gasteiger partial charge in [0.1, 0.15) is 5.75 Å². The molecule has 0 aliphatic heterocycles. The van der Waals surface area contributed by atoms with Crippen LogP contribution in [0.3, 0.4) is 0 Å². The summed E-state index contributed by atoms with van der Waals surface area (Å²) < 4.78 is 8.20. The Bertz CT molecular complexity index is 1290. The van der Waals surface area contributed by atoms with Crippen molar-refractivity contribution >= 4 is 17.4 Å². The highest BCUT2D eigenvalue weighted by Crippen LogP contribution is 2.18. The highest BCUT2D eigenvalue weighted by molar-refractivity contribution is 5.92. The second-order valence-corrected chi connectivity index (χ2v) is 6.90. The number of aryl methyl sites for hydroxylation is 1. The molecular formula is C22H21N5O3. The normalized spacial score (nSPS) is 10.9. The number of aromatic nitrogens is 4. The van der Waals surface area contributed by atoms with Crippen LogP contribution in [0.2, 0.25) is 0 Å². The molecule has 0 unspecified atom stereocenters. The van der Waals surface area contributed by atoms with E-state index in [1.54, 1.807) is 49.9 Å². The number of fused-ring (bicyclic) bond motifs is 1. The Labute approximate surface area is 172 Å². The van der Waals surface area contributed by atoms with Crippen LogP contribution < -0.4 is 15.6 Å². The van der Waals surface area contributed by atoms with Gasteiger partial charge in [-0.25, -0.2) is 0 Å². The Morgan fingerprint density at radius 2 is 1.90 bits per heavy atom. The minimum absolute atomic E-state index is 0.0772. The molecule has 0 bridgehead atoms. The average Bonchev–Trinajstić information content (AvgIpc) is 3.22. The fraction of sp³-hybridized carbons (Fsp3) is 0.182. The third kappa shape index (κ3) is 3.55. The van der Waals surface area contributed by atoms with Crippen molar-refractivity contribution in [2.24, 2.45) is 7.05 Å². The van der Waals surface area contributed by atoms with E-state index in [0.29, 0.717) is 34.3 Å². The number of nitrogens with one attached hydrogen (secondary N) is 1. The predicted octanol–water partition coefficient (Wildman–Crippen LogP) is 2.59. The molecule has 2 aromatic carbocycles. The number of carbonyl (C=O) groups is 1. The molecule has 8 heteroatoms. The highest BCUT2D eigenvalue weighted by Gasteiger charge is 2.19. The number of amides is 1. The Hall–Kier alpha value is -3.94. The van der Waals surface area contributed by atoms with Gasteiger partial charge in [-0.15, -0.1) is 5.10 Å². The number of hydrogen-bond acceptors (Lipinski definition) is 5. The van der Waals surface area contributed by atoms with Gasteiger partial charge in [-0.1, -0.05) is 36.4 Å². The SMILES string of the molecule is COc1cccc(NC(=O)Cc2c(C)n(C)c3nc(-c4ccccc4)nn3c2=O)c1. The van der Waals surface area contributed by atoms with E-state index < -0.39 is 0 Å². The van der Waals surface area contributed by atoms with Crippen LogP contribution in [0.25, 0.3) is 17.2 Å². The van der Waals surface area contributed by atoms with Crippen molar-refractivity contribution in [3.05, 3.63) is 76.2 Å². The van der Waals surface area contributed by atoms with Crippen LogP contribution in [0.1, 0.15) is 11.3 Å². The number of anilines is 1. The summed E-state index contributed by atoms with van der Waals surface area (Å²) in [5.41, 5.74) is 2.10. The third-order valence-electron chi connectivity index (χ3n) is 5.00. The molecule has 0 radical (unpaired) electrons. The van der Waals surface area contributed by atoms with Gasteiger partial charge in [0, 0.05) is 35.6 Å². The maximum Gasteiger partial charge on any atom is 0.279 e. The lowest BCUT2D eigenvalue weighted by Crippen LogP contribution is -2.28. The molecule has 0 spiro atoms. The summed E-state index contributed by atoms with van der Waals surface area (Å²) in [7, 11) is 3.36. The minimum Gasteiger partial charge on any atom is -0.497 e. The van der Waals surface area contributed by atoms with Gasteiger partial charge < -0.3 is 14.6 Å². The van der Waals surface area contributed by atoms with E-state index in [9.17, 15) is 9.59 Å². The minimum atomic E-state index is -0.351. The first-order valence-electron chi connectivity index (χ1n) is 9.42. The van der Waals surface area contributed by atoms with Crippen LogP contribution in [0, 0.1) is 6.92 Å². The summed E-state index contributed by atoms with van der Waals surface area (Å²) in [6.45, 7) is 1.80. The molecule has 0 aliphatic carbocycles. The zero-order chi connectivity index (χ0) is 21.3. The quantitative estimate of drug-likeness (QED) is 0.553. The monoisotopic (exact) mass is 403 g/mol. The number of benzene rings is 2. The van der Waals surface area contributed by atoms with Crippen molar-refractivity contribution in [1.82, 2.24) is 19.2 Å². The summed E-state index contributed by atoms with van der Waals surface area (Å²) in [6, 6.07) is 16.5. The van der Waals surface area contributed by atoms with E-state index in [1.165, 1.54) is 4.52 Å². The topological polar surface area (TPSA) is 90.5 Å². The van der Waals surface area contributed by atoms with E-state index in [-0.39, 0.29) is 17.9 Å². The van der Waals surface area contributed by atoms with Crippen molar-refractivity contribution in [3.63, 3.8) is 0 Å². The van der Waals surface area contributed by atoms with E-state index in [1.807, 2.05) is 30.3 Å². The fourth-order valence-corrected chi connectivity index (χ4v) is 3.27. The summed E-state index contributed by atoms with van der Waals surface area (Å²) >= 11 is 0. The highest BCUT2D eigenvalue weighted by atomic mass is 16.5. The Kier molecular flexibility index (Phi) is 5.05. The smallest absolute Gasteiger partial charge is 0.279 e. The first kappa shape index (κ1) is 19.4. The number of methoxy groups -OCH3 is 1. The van der Waals surface area contributed by atoms with E-state index in [2.05, 4.69) is 15.4 Å².